The molecule has 0 unspecified atom stereocenters. The lowest BCUT2D eigenvalue weighted by Gasteiger charge is -2.13. The summed E-state index contributed by atoms with van der Waals surface area (Å²) in [6.45, 7) is 3.62. The van der Waals surface area contributed by atoms with Gasteiger partial charge < -0.3 is 4.74 Å². The molecule has 37 heavy (non-hydrogen) atoms. The highest BCUT2D eigenvalue weighted by molar-refractivity contribution is 7.22. The molecule has 0 atom stereocenters. The molecule has 11 nitrogen and oxygen atoms in total. The topological polar surface area (TPSA) is 144 Å². The van der Waals surface area contributed by atoms with Gasteiger partial charge in [-0.2, -0.15) is 5.26 Å². The average molecular weight is 532 g/mol. The SMILES string of the molecule is COc1cnc(Cl)cc1-c1cc(C)ncc1C(=O)Nc1nc2cnc(-c3c(C)nnn3C)c(C#N)c2s1. The summed E-state index contributed by atoms with van der Waals surface area (Å²) >= 11 is 7.31. The highest BCUT2D eigenvalue weighted by Gasteiger charge is 2.22. The number of nitrogens with zero attached hydrogens (tertiary/aromatic N) is 8. The Bertz CT molecular complexity index is 1720. The first-order valence-corrected chi connectivity index (χ1v) is 12.0. The number of halogens is 1. The Morgan fingerprint density at radius 1 is 1.16 bits per heavy atom. The third-order valence-corrected chi connectivity index (χ3v) is 6.83. The summed E-state index contributed by atoms with van der Waals surface area (Å²) in [7, 11) is 3.25. The number of aromatic nitrogens is 7. The molecule has 0 aliphatic rings. The minimum absolute atomic E-state index is 0.258. The Balaban J connectivity index is 1.56. The van der Waals surface area contributed by atoms with E-state index in [-0.39, 0.29) is 5.15 Å². The summed E-state index contributed by atoms with van der Waals surface area (Å²) in [5.74, 6) is 0.0242. The van der Waals surface area contributed by atoms with Crippen molar-refractivity contribution in [2.75, 3.05) is 12.4 Å². The number of carbonyl (C=O) groups is 1. The first-order chi connectivity index (χ1) is 17.8. The van der Waals surface area contributed by atoms with E-state index in [2.05, 4.69) is 41.6 Å². The molecule has 0 spiro atoms. The Kier molecular flexibility index (Phi) is 6.24. The molecule has 0 fully saturated rings. The largest absolute Gasteiger partial charge is 0.494 e. The Labute approximate surface area is 219 Å². The molecule has 0 saturated carbocycles. The normalized spacial score (nSPS) is 10.9. The van der Waals surface area contributed by atoms with Gasteiger partial charge in [-0.1, -0.05) is 28.2 Å². The van der Waals surface area contributed by atoms with Gasteiger partial charge in [-0.3, -0.25) is 20.1 Å². The highest BCUT2D eigenvalue weighted by Crippen LogP contribution is 2.36. The molecule has 5 aromatic rings. The number of aryl methyl sites for hydroxylation is 3. The molecule has 5 rings (SSSR count). The number of hydrogen-bond acceptors (Lipinski definition) is 10. The lowest BCUT2D eigenvalue weighted by molar-refractivity contribution is 0.102. The number of fused-ring (bicyclic) bond motifs is 1. The molecule has 0 aliphatic heterocycles. The first-order valence-electron chi connectivity index (χ1n) is 10.8. The van der Waals surface area contributed by atoms with Crippen molar-refractivity contribution >= 4 is 44.2 Å². The van der Waals surface area contributed by atoms with Crippen LogP contribution >= 0.6 is 22.9 Å². The maximum atomic E-state index is 13.4. The van der Waals surface area contributed by atoms with Crippen molar-refractivity contribution in [3.05, 3.63) is 58.4 Å². The fraction of sp³-hybridized carbons (Fsp3) is 0.167. The fourth-order valence-electron chi connectivity index (χ4n) is 3.94. The fourth-order valence-corrected chi connectivity index (χ4v) is 5.02. The molecular weight excluding hydrogens is 514 g/mol. The van der Waals surface area contributed by atoms with E-state index in [0.29, 0.717) is 66.1 Å². The predicted octanol–water partition coefficient (Wildman–Crippen LogP) is 4.35. The standard InChI is InChI=1S/C24H18ClN9O2S/c1-11-5-13(14-6-19(25)28-10-18(14)36-4)16(8-27-11)23(35)31-24-30-17-9-29-20(15(7-26)22(17)37-24)21-12(2)32-33-34(21)3/h5-6,8-10H,1-4H3,(H,30,31,35). The second kappa shape index (κ2) is 9.53. The molecule has 5 aromatic heterocycles. The number of nitrogens with one attached hydrogen (secondary N) is 1. The molecule has 5 heterocycles. The van der Waals surface area contributed by atoms with Gasteiger partial charge in [0.05, 0.1) is 41.0 Å². The van der Waals surface area contributed by atoms with Crippen LogP contribution in [0.2, 0.25) is 5.15 Å². The summed E-state index contributed by atoms with van der Waals surface area (Å²) in [5.41, 5.74) is 4.73. The molecule has 0 aromatic carbocycles. The van der Waals surface area contributed by atoms with Crippen molar-refractivity contribution in [2.24, 2.45) is 7.05 Å². The third kappa shape index (κ3) is 4.35. The van der Waals surface area contributed by atoms with Crippen LogP contribution in [0, 0.1) is 25.2 Å². The van der Waals surface area contributed by atoms with Gasteiger partial charge in [0.1, 0.15) is 33.9 Å². The van der Waals surface area contributed by atoms with Gasteiger partial charge in [-0.05, 0) is 26.0 Å². The zero-order valence-electron chi connectivity index (χ0n) is 20.1. The van der Waals surface area contributed by atoms with Gasteiger partial charge in [0.25, 0.3) is 5.91 Å². The zero-order valence-corrected chi connectivity index (χ0v) is 21.6. The Morgan fingerprint density at radius 3 is 2.68 bits per heavy atom. The maximum Gasteiger partial charge on any atom is 0.259 e. The molecule has 184 valence electrons. The molecule has 1 amide bonds. The number of anilines is 1. The zero-order chi connectivity index (χ0) is 26.3. The number of ether oxygens (including phenoxy) is 1. The van der Waals surface area contributed by atoms with Gasteiger partial charge in [0.15, 0.2) is 5.13 Å². The average Bonchev–Trinajstić information content (AvgIpc) is 3.44. The second-order valence-electron chi connectivity index (χ2n) is 8.01. The molecular formula is C24H18ClN9O2S. The van der Waals surface area contributed by atoms with Crippen LogP contribution in [0.25, 0.3) is 32.7 Å². The molecule has 0 aliphatic carbocycles. The van der Waals surface area contributed by atoms with E-state index in [0.717, 1.165) is 0 Å². The first kappa shape index (κ1) is 24.2. The lowest BCUT2D eigenvalue weighted by Crippen LogP contribution is -2.14. The van der Waals surface area contributed by atoms with Crippen molar-refractivity contribution in [1.82, 2.24) is 34.9 Å². The van der Waals surface area contributed by atoms with Crippen molar-refractivity contribution in [3.8, 4) is 34.3 Å². The minimum Gasteiger partial charge on any atom is -0.494 e. The maximum absolute atomic E-state index is 13.4. The van der Waals surface area contributed by atoms with Crippen LogP contribution in [0.15, 0.2) is 30.7 Å². The van der Waals surface area contributed by atoms with Crippen LogP contribution in [-0.2, 0) is 7.05 Å². The van der Waals surface area contributed by atoms with Crippen molar-refractivity contribution < 1.29 is 9.53 Å². The number of nitriles is 1. The predicted molar refractivity (Wildman–Crippen MR) is 139 cm³/mol. The monoisotopic (exact) mass is 531 g/mol. The minimum atomic E-state index is -0.435. The van der Waals surface area contributed by atoms with Crippen LogP contribution < -0.4 is 10.1 Å². The summed E-state index contributed by atoms with van der Waals surface area (Å²) in [4.78, 5) is 30.7. The van der Waals surface area contributed by atoms with Gasteiger partial charge >= 0.3 is 0 Å². The van der Waals surface area contributed by atoms with Crippen LogP contribution in [0.4, 0.5) is 5.13 Å². The van der Waals surface area contributed by atoms with Crippen LogP contribution in [0.1, 0.15) is 27.3 Å². The van der Waals surface area contributed by atoms with E-state index in [1.807, 2.05) is 6.92 Å². The summed E-state index contributed by atoms with van der Waals surface area (Å²) in [5, 5.41) is 21.4. The summed E-state index contributed by atoms with van der Waals surface area (Å²) in [6.07, 6.45) is 4.54. The molecule has 0 bridgehead atoms. The smallest absolute Gasteiger partial charge is 0.259 e. The quantitative estimate of drug-likeness (QED) is 0.327. The van der Waals surface area contributed by atoms with Crippen LogP contribution in [0.3, 0.4) is 0 Å². The number of thiazole rings is 1. The number of rotatable bonds is 5. The van der Waals surface area contributed by atoms with Gasteiger partial charge in [-0.25, -0.2) is 14.6 Å². The second-order valence-corrected chi connectivity index (χ2v) is 9.39. The van der Waals surface area contributed by atoms with E-state index in [9.17, 15) is 10.1 Å². The van der Waals surface area contributed by atoms with Crippen LogP contribution in [-0.4, -0.2) is 47.9 Å². The molecule has 0 saturated heterocycles. The third-order valence-electron chi connectivity index (χ3n) is 5.61. The number of pyridine rings is 3. The molecule has 13 heteroatoms. The Morgan fingerprint density at radius 2 is 1.97 bits per heavy atom. The van der Waals surface area contributed by atoms with Crippen molar-refractivity contribution in [2.45, 2.75) is 13.8 Å². The van der Waals surface area contributed by atoms with E-state index in [4.69, 9.17) is 16.3 Å². The molecule has 0 radical (unpaired) electrons. The van der Waals surface area contributed by atoms with Crippen LogP contribution in [0.5, 0.6) is 5.75 Å². The lowest BCUT2D eigenvalue weighted by atomic mass is 10.0. The van der Waals surface area contributed by atoms with Crippen molar-refractivity contribution in [3.63, 3.8) is 0 Å². The number of amides is 1. The number of carbonyl (C=O) groups excluding carboxylic acids is 1. The molecule has 1 N–H and O–H groups in total. The van der Waals surface area contributed by atoms with E-state index in [1.54, 1.807) is 37.0 Å². The highest BCUT2D eigenvalue weighted by atomic mass is 35.5. The summed E-state index contributed by atoms with van der Waals surface area (Å²) in [6, 6.07) is 5.62. The number of methoxy groups -OCH3 is 1. The Hall–Kier alpha value is -4.47. The van der Waals surface area contributed by atoms with E-state index in [1.165, 1.54) is 30.8 Å². The number of hydrogen-bond donors (Lipinski definition) is 1. The van der Waals surface area contributed by atoms with Gasteiger partial charge in [-0.15, -0.1) is 5.10 Å². The summed E-state index contributed by atoms with van der Waals surface area (Å²) < 4.78 is 7.60. The van der Waals surface area contributed by atoms with Gasteiger partial charge in [0.2, 0.25) is 0 Å². The van der Waals surface area contributed by atoms with Crippen molar-refractivity contribution in [1.29, 1.82) is 5.26 Å². The van der Waals surface area contributed by atoms with Gasteiger partial charge in [0, 0.05) is 30.1 Å². The van der Waals surface area contributed by atoms with E-state index < -0.39 is 5.91 Å². The van der Waals surface area contributed by atoms with E-state index >= 15 is 0 Å².